The molecule has 0 spiro atoms. The molecule has 4 aromatic heterocycles. The molecule has 0 radical (unpaired) electrons. The van der Waals surface area contributed by atoms with Gasteiger partial charge in [-0.1, -0.05) is 97.1 Å². The molecule has 0 atom stereocenters. The summed E-state index contributed by atoms with van der Waals surface area (Å²) in [5.74, 6) is 0. The predicted octanol–water partition coefficient (Wildman–Crippen LogP) is 23.5. The third-order valence-corrected chi connectivity index (χ3v) is 13.2. The molecule has 0 bridgehead atoms. The van der Waals surface area contributed by atoms with E-state index in [4.69, 9.17) is 0 Å². The van der Waals surface area contributed by atoms with Gasteiger partial charge in [0.15, 0.2) is 37.2 Å². The first-order valence-electron chi connectivity index (χ1n) is 30.8. The van der Waals surface area contributed by atoms with E-state index in [0.29, 0.717) is 0 Å². The second-order valence-electron chi connectivity index (χ2n) is 23.9. The third-order valence-electron chi connectivity index (χ3n) is 13.2. The van der Waals surface area contributed by atoms with Crippen LogP contribution in [0, 0.1) is 0 Å². The molecule has 4 aromatic carbocycles. The maximum absolute atomic E-state index is 11.2. The van der Waals surface area contributed by atoms with Crippen LogP contribution < -0.4 is 28.1 Å². The average Bonchev–Trinajstić information content (AvgIpc) is 0.802. The summed E-state index contributed by atoms with van der Waals surface area (Å²) in [6, 6.07) is 47.8. The van der Waals surface area contributed by atoms with Gasteiger partial charge < -0.3 is 19.6 Å². The number of allylic oxidation sites excluding steroid dienone is 4. The molecule has 0 N–H and O–H groups in total. The molecule has 8 aromatic rings. The number of rotatable bonds is 22. The van der Waals surface area contributed by atoms with Crippen molar-refractivity contribution in [3.8, 4) is 0 Å². The Hall–Kier alpha value is -7.54. The predicted molar refractivity (Wildman–Crippen MR) is 375 cm³/mol. The van der Waals surface area contributed by atoms with Crippen LogP contribution >= 0.6 is 15.6 Å². The molecule has 0 aliphatic heterocycles. The van der Waals surface area contributed by atoms with Crippen LogP contribution in [0.15, 0.2) is 207 Å². The molecule has 4 heterocycles. The zero-order chi connectivity index (χ0) is 79.1. The molecule has 0 saturated carbocycles. The van der Waals surface area contributed by atoms with E-state index in [0.717, 1.165) is 51.9 Å². The zero-order valence-corrected chi connectivity index (χ0v) is 64.1. The van der Waals surface area contributed by atoms with Crippen LogP contribution in [-0.4, -0.2) is 105 Å². The van der Waals surface area contributed by atoms with Crippen molar-refractivity contribution in [1.29, 1.82) is 0 Å². The fourth-order valence-electron chi connectivity index (χ4n) is 8.82. The van der Waals surface area contributed by atoms with E-state index in [2.05, 4.69) is 300 Å². The van der Waals surface area contributed by atoms with Crippen LogP contribution in [0.2, 0.25) is 0 Å². The number of aryl methyl sites for hydroxylation is 4. The summed E-state index contributed by atoms with van der Waals surface area (Å²) in [4.78, 5) is 8.31. The van der Waals surface area contributed by atoms with Crippen molar-refractivity contribution in [3.05, 3.63) is 241 Å². The van der Waals surface area contributed by atoms with Gasteiger partial charge in [-0.05, 0) is 94.3 Å². The molecule has 8 rings (SSSR count). The maximum atomic E-state index is 9.93. The van der Waals surface area contributed by atoms with Crippen molar-refractivity contribution in [2.45, 2.75) is 51.9 Å². The summed E-state index contributed by atoms with van der Waals surface area (Å²) in [7, 11) is -4.94. The number of aromatic nitrogens is 4. The van der Waals surface area contributed by atoms with Crippen molar-refractivity contribution in [3.63, 3.8) is 0 Å². The van der Waals surface area contributed by atoms with Gasteiger partial charge >= 0.3 is 139 Å². The van der Waals surface area contributed by atoms with E-state index in [-0.39, 0.29) is 0 Å². The molecule has 0 aliphatic carbocycles. The van der Waals surface area contributed by atoms with E-state index < -0.39 is 54.6 Å². The Morgan fingerprint density at radius 3 is 0.817 bits per heavy atom. The first-order chi connectivity index (χ1) is 46.8. The number of hydrogen-bond donors (Lipinski definition) is 0. The first-order valence-corrected chi connectivity index (χ1v) is 46.4. The quantitative estimate of drug-likeness (QED) is 0.0169. The Kier molecular flexibility index (Phi) is 28.8. The van der Waals surface area contributed by atoms with Crippen molar-refractivity contribution in [1.82, 2.24) is 9.80 Å². The van der Waals surface area contributed by atoms with Crippen molar-refractivity contribution < 1.29 is 102 Å². The number of halogens is 24. The number of pyridine rings is 4. The zero-order valence-electron chi connectivity index (χ0n) is 57.2. The normalized spacial score (nSPS) is 14.8. The summed E-state index contributed by atoms with van der Waals surface area (Å²) >= 11 is -22.5. The second-order valence-corrected chi connectivity index (χ2v) is 38.7. The van der Waals surface area contributed by atoms with Gasteiger partial charge in [0.25, 0.3) is 0 Å². The number of anilines is 2. The SMILES string of the molecule is CN(C)C=CC=Cc1cc[n+](CCCC[n+]2ccc(C=CC=CN(C)C)c3ccccc32)c2ccccc12.CN(C)c1ccc(C=Cc2cc[n+](CCCC[n+]3ccc(C=Cc4ccc(N(C)C)cc4)cc3)cc2)cc1.F[P-](F)(F)(F)(F)F.F[P-](F)(F)(F)(F)F.[F][Sb-]([F])([F])([F])([F])[F].[F][Sb-]([F])([F])([F])([F])[F]. The van der Waals surface area contributed by atoms with Gasteiger partial charge in [0.2, 0.25) is 11.0 Å². The van der Waals surface area contributed by atoms with Crippen LogP contribution in [0.5, 0.6) is 0 Å². The average molecular weight is 1770 g/mol. The Morgan fingerprint density at radius 2 is 0.558 bits per heavy atom. The van der Waals surface area contributed by atoms with Crippen LogP contribution in [0.1, 0.15) is 59.1 Å². The van der Waals surface area contributed by atoms with Crippen LogP contribution in [0.4, 0.5) is 95.5 Å². The van der Waals surface area contributed by atoms with Gasteiger partial charge in [0.05, 0.1) is 10.8 Å². The minimum absolute atomic E-state index is 1.00. The second kappa shape index (κ2) is 33.1. The van der Waals surface area contributed by atoms with Gasteiger partial charge in [0, 0.05) is 142 Å². The summed E-state index contributed by atoms with van der Waals surface area (Å²) in [5, 5.41) is 2.57. The minimum atomic E-state index is -11.2. The fraction of sp³-hybridized carbons (Fsp3) is 0.235. The van der Waals surface area contributed by atoms with Gasteiger partial charge in [-0.3, -0.25) is 0 Å². The van der Waals surface area contributed by atoms with E-state index in [1.807, 2.05) is 38.0 Å². The molecule has 36 heteroatoms. The number of benzene rings is 4. The molecule has 0 amide bonds. The van der Waals surface area contributed by atoms with Gasteiger partial charge in [-0.2, -0.15) is 9.13 Å². The van der Waals surface area contributed by atoms with E-state index in [1.165, 1.54) is 66.6 Å². The van der Waals surface area contributed by atoms with Crippen LogP contribution in [0.3, 0.4) is 0 Å². The van der Waals surface area contributed by atoms with Crippen LogP contribution in [-0.2, 0) is 26.2 Å². The Morgan fingerprint density at radius 1 is 0.308 bits per heavy atom. The number of nitrogens with zero attached hydrogens (tertiary/aromatic N) is 8. The molecule has 0 fully saturated rings. The third kappa shape index (κ3) is 51.6. The van der Waals surface area contributed by atoms with Crippen molar-refractivity contribution in [2.24, 2.45) is 0 Å². The van der Waals surface area contributed by atoms with Gasteiger partial charge in [0.1, 0.15) is 26.2 Å². The molecule has 8 nitrogen and oxygen atoms in total. The van der Waals surface area contributed by atoms with Crippen LogP contribution in [0.25, 0.3) is 58.3 Å². The summed E-state index contributed by atoms with van der Waals surface area (Å²) < 4.78 is 247. The molecule has 0 aliphatic rings. The van der Waals surface area contributed by atoms with Gasteiger partial charge in [-0.15, -0.1) is 0 Å². The molecule has 580 valence electrons. The number of unbranched alkanes of at least 4 members (excludes halogenated alkanes) is 2. The molecule has 0 saturated heterocycles. The summed E-state index contributed by atoms with van der Waals surface area (Å²) in [6.07, 6.45) is 43.2. The van der Waals surface area contributed by atoms with E-state index >= 15 is 0 Å². The van der Waals surface area contributed by atoms with Gasteiger partial charge in [-0.25, -0.2) is 9.13 Å². The summed E-state index contributed by atoms with van der Waals surface area (Å²) in [6.45, 7) is 4.07. The van der Waals surface area contributed by atoms with Crippen molar-refractivity contribution in [2.75, 3.05) is 66.2 Å². The number of fused-ring (bicyclic) bond motifs is 2. The number of para-hydroxylation sites is 2. The number of hydrogen-bond acceptors (Lipinski definition) is 4. The first kappa shape index (κ1) is 90.7. The topological polar surface area (TPSA) is 28.5 Å². The molecular weight excluding hydrogens is 1690 g/mol. The standard InChI is InChI=1S/2C34H40N4.2F6P.12FH.2Sb/c1-35(2)23-11-9-15-29-21-27-37(33-19-7-5-17-31(29)33)25-13-14-26-38-28-22-30(16-10-12-24-36(3)4)32-18-6-8-20-34(32)38;1-35(2)33-15-11-29(12-16-33)7-9-31-19-25-37(26-20-31)23-5-6-24-38-27-21-32(22-28-38)10-8-30-13-17-34(18-14-30)36(3)4;2*1-7(2,3,4,5)6;;;;;;;;;;;;;;/h5-12,15-24,27-28H,13-14,25-26H2,1-4H3;7-22,25-28H,5-6,23-24H2,1-4H3;;;12*1H;;/q2*+2;2*-1;;;;;;;;;;;;;2*+5/p-12. The van der Waals surface area contributed by atoms with E-state index in [1.54, 1.807) is 0 Å². The van der Waals surface area contributed by atoms with Crippen molar-refractivity contribution >= 4 is 124 Å². The van der Waals surface area contributed by atoms with E-state index in [9.17, 15) is 84.1 Å². The Bertz CT molecular complexity index is 3890. The fourth-order valence-corrected chi connectivity index (χ4v) is 8.82. The molecule has 104 heavy (non-hydrogen) atoms. The Balaban J connectivity index is 0.000000395. The summed E-state index contributed by atoms with van der Waals surface area (Å²) in [5.41, 5.74) is 12.3. The molecule has 0 unspecified atom stereocenters. The Labute approximate surface area is 591 Å². The monoisotopic (exact) mass is 1770 g/mol. The molecular formula is C68H80F24N8P2Sb2.